The molecule has 1 rings (SSSR count). The van der Waals surface area contributed by atoms with Crippen LogP contribution in [-0.2, 0) is 0 Å². The third-order valence-electron chi connectivity index (χ3n) is 3.33. The average Bonchev–Trinajstić information content (AvgIpc) is 2.41. The lowest BCUT2D eigenvalue weighted by Gasteiger charge is -2.09. The van der Waals surface area contributed by atoms with Crippen LogP contribution in [0, 0.1) is 5.82 Å². The van der Waals surface area contributed by atoms with E-state index in [1.54, 1.807) is 0 Å². The number of Topliss-reactive ketones (excluding diaryl/α,β-unsaturated/α-hetero) is 1. The van der Waals surface area contributed by atoms with E-state index in [9.17, 15) is 9.18 Å². The van der Waals surface area contributed by atoms with E-state index in [4.69, 9.17) is 4.74 Å². The summed E-state index contributed by atoms with van der Waals surface area (Å²) in [6.45, 7) is 4.21. The van der Waals surface area contributed by atoms with Crippen LogP contribution in [0.2, 0.25) is 0 Å². The quantitative estimate of drug-likeness (QED) is 0.437. The summed E-state index contributed by atoms with van der Waals surface area (Å²) in [4.78, 5) is 11.4. The highest BCUT2D eigenvalue weighted by atomic mass is 19.1. The Kier molecular flexibility index (Phi) is 7.93. The van der Waals surface area contributed by atoms with Gasteiger partial charge in [-0.2, -0.15) is 0 Å². The fraction of sp³-hybridized carbons (Fsp3) is 0.588. The van der Waals surface area contributed by atoms with E-state index in [0.29, 0.717) is 17.9 Å². The number of unbranched alkanes of at least 4 members (excludes halogenated alkanes) is 6. The Labute approximate surface area is 121 Å². The minimum atomic E-state index is -0.371. The van der Waals surface area contributed by atoms with Crippen molar-refractivity contribution < 1.29 is 13.9 Å². The Morgan fingerprint density at radius 1 is 1.10 bits per heavy atom. The van der Waals surface area contributed by atoms with Gasteiger partial charge in [0.1, 0.15) is 11.6 Å². The smallest absolute Gasteiger partial charge is 0.163 e. The molecule has 0 fully saturated rings. The van der Waals surface area contributed by atoms with E-state index in [1.807, 2.05) is 0 Å². The van der Waals surface area contributed by atoms with Crippen LogP contribution >= 0.6 is 0 Å². The van der Waals surface area contributed by atoms with Crippen molar-refractivity contribution in [2.24, 2.45) is 0 Å². The fourth-order valence-electron chi connectivity index (χ4n) is 2.15. The van der Waals surface area contributed by atoms with Gasteiger partial charge in [0.25, 0.3) is 0 Å². The van der Waals surface area contributed by atoms with Crippen LogP contribution < -0.4 is 4.74 Å². The maximum Gasteiger partial charge on any atom is 0.163 e. The molecule has 3 heteroatoms. The summed E-state index contributed by atoms with van der Waals surface area (Å²) in [6.07, 6.45) is 8.42. The lowest BCUT2D eigenvalue weighted by atomic mass is 10.1. The molecule has 0 amide bonds. The molecule has 2 nitrogen and oxygen atoms in total. The Hall–Kier alpha value is -1.38. The van der Waals surface area contributed by atoms with E-state index in [0.717, 1.165) is 12.8 Å². The molecule has 0 atom stereocenters. The molecular weight excluding hydrogens is 255 g/mol. The highest BCUT2D eigenvalue weighted by molar-refractivity contribution is 5.96. The molecule has 112 valence electrons. The van der Waals surface area contributed by atoms with Crippen LogP contribution in [0.4, 0.5) is 4.39 Å². The zero-order valence-corrected chi connectivity index (χ0v) is 12.6. The number of halogens is 1. The molecule has 20 heavy (non-hydrogen) atoms. The number of hydrogen-bond acceptors (Lipinski definition) is 2. The van der Waals surface area contributed by atoms with E-state index < -0.39 is 0 Å². The highest BCUT2D eigenvalue weighted by Gasteiger charge is 2.09. The number of ether oxygens (including phenoxy) is 1. The van der Waals surface area contributed by atoms with Gasteiger partial charge >= 0.3 is 0 Å². The van der Waals surface area contributed by atoms with Gasteiger partial charge in [-0.15, -0.1) is 0 Å². The lowest BCUT2D eigenvalue weighted by molar-refractivity contribution is 0.101. The topological polar surface area (TPSA) is 26.3 Å². The molecule has 0 heterocycles. The second-order valence-corrected chi connectivity index (χ2v) is 5.17. The zero-order valence-electron chi connectivity index (χ0n) is 12.6. The van der Waals surface area contributed by atoms with Gasteiger partial charge in [-0.05, 0) is 25.5 Å². The first kappa shape index (κ1) is 16.7. The molecule has 0 aliphatic rings. The van der Waals surface area contributed by atoms with E-state index in [2.05, 4.69) is 6.92 Å². The predicted octanol–water partition coefficient (Wildman–Crippen LogP) is 5.16. The summed E-state index contributed by atoms with van der Waals surface area (Å²) in [5.41, 5.74) is 0.453. The molecule has 1 aromatic carbocycles. The molecule has 0 unspecified atom stereocenters. The van der Waals surface area contributed by atoms with Crippen molar-refractivity contribution in [2.45, 2.75) is 58.8 Å². The van der Waals surface area contributed by atoms with Crippen molar-refractivity contribution >= 4 is 5.78 Å². The van der Waals surface area contributed by atoms with Gasteiger partial charge in [0.15, 0.2) is 5.78 Å². The summed E-state index contributed by atoms with van der Waals surface area (Å²) in [7, 11) is 0. The largest absolute Gasteiger partial charge is 0.493 e. The summed E-state index contributed by atoms with van der Waals surface area (Å²) in [6, 6.07) is 4.06. The van der Waals surface area contributed by atoms with Crippen molar-refractivity contribution in [3.05, 3.63) is 29.6 Å². The maximum atomic E-state index is 13.2. The van der Waals surface area contributed by atoms with Crippen molar-refractivity contribution in [1.82, 2.24) is 0 Å². The van der Waals surface area contributed by atoms with Crippen molar-refractivity contribution in [1.29, 1.82) is 0 Å². The highest BCUT2D eigenvalue weighted by Crippen LogP contribution is 2.21. The predicted molar refractivity (Wildman–Crippen MR) is 79.9 cm³/mol. The van der Waals surface area contributed by atoms with Crippen LogP contribution in [0.3, 0.4) is 0 Å². The number of carbonyl (C=O) groups excluding carboxylic acids is 1. The first-order chi connectivity index (χ1) is 9.65. The van der Waals surface area contributed by atoms with E-state index in [1.165, 1.54) is 57.2 Å². The molecule has 0 saturated heterocycles. The summed E-state index contributed by atoms with van der Waals surface area (Å²) < 4.78 is 18.7. The molecule has 0 bridgehead atoms. The first-order valence-electron chi connectivity index (χ1n) is 7.58. The molecule has 0 aliphatic carbocycles. The van der Waals surface area contributed by atoms with Crippen LogP contribution in [-0.4, -0.2) is 12.4 Å². The van der Waals surface area contributed by atoms with Gasteiger partial charge < -0.3 is 4.74 Å². The SMILES string of the molecule is CCCCCCCCCOc1cc(F)ccc1C(C)=O. The van der Waals surface area contributed by atoms with Crippen molar-refractivity contribution in [2.75, 3.05) is 6.61 Å². The second kappa shape index (κ2) is 9.51. The summed E-state index contributed by atoms with van der Waals surface area (Å²) in [5, 5.41) is 0. The van der Waals surface area contributed by atoms with Gasteiger partial charge in [-0.25, -0.2) is 4.39 Å². The van der Waals surface area contributed by atoms with Crippen LogP contribution in [0.5, 0.6) is 5.75 Å². The van der Waals surface area contributed by atoms with Crippen LogP contribution in [0.1, 0.15) is 69.2 Å². The zero-order chi connectivity index (χ0) is 14.8. The normalized spacial score (nSPS) is 10.6. The minimum absolute atomic E-state index is 0.0976. The Morgan fingerprint density at radius 2 is 1.75 bits per heavy atom. The van der Waals surface area contributed by atoms with E-state index >= 15 is 0 Å². The summed E-state index contributed by atoms with van der Waals surface area (Å²) in [5.74, 6) is -0.104. The molecule has 0 N–H and O–H groups in total. The third-order valence-corrected chi connectivity index (χ3v) is 3.33. The standard InChI is InChI=1S/C17H25FO2/c1-3-4-5-6-7-8-9-12-20-17-13-15(18)10-11-16(17)14(2)19/h10-11,13H,3-9,12H2,1-2H3. The number of benzene rings is 1. The number of rotatable bonds is 10. The van der Waals surface area contributed by atoms with E-state index in [-0.39, 0.29) is 11.6 Å². The maximum absolute atomic E-state index is 13.2. The fourth-order valence-corrected chi connectivity index (χ4v) is 2.15. The molecule has 1 aromatic rings. The van der Waals surface area contributed by atoms with Crippen molar-refractivity contribution in [3.8, 4) is 5.75 Å². The molecule has 0 radical (unpaired) electrons. The summed E-state index contributed by atoms with van der Waals surface area (Å²) >= 11 is 0. The average molecular weight is 280 g/mol. The molecule has 0 aromatic heterocycles. The Morgan fingerprint density at radius 3 is 2.40 bits per heavy atom. The van der Waals surface area contributed by atoms with Crippen LogP contribution in [0.25, 0.3) is 0 Å². The lowest BCUT2D eigenvalue weighted by Crippen LogP contribution is -2.03. The number of hydrogen-bond donors (Lipinski definition) is 0. The van der Waals surface area contributed by atoms with Gasteiger partial charge in [0.05, 0.1) is 12.2 Å². The second-order valence-electron chi connectivity index (χ2n) is 5.17. The molecule has 0 saturated carbocycles. The Balaban J connectivity index is 2.28. The van der Waals surface area contributed by atoms with Gasteiger partial charge in [-0.1, -0.05) is 45.4 Å². The third kappa shape index (κ3) is 6.18. The molecular formula is C17H25FO2. The number of ketones is 1. The van der Waals surface area contributed by atoms with Crippen molar-refractivity contribution in [3.63, 3.8) is 0 Å². The molecule has 0 spiro atoms. The van der Waals surface area contributed by atoms with Gasteiger partial charge in [0, 0.05) is 6.07 Å². The number of carbonyl (C=O) groups is 1. The molecule has 0 aliphatic heterocycles. The first-order valence-corrected chi connectivity index (χ1v) is 7.58. The monoisotopic (exact) mass is 280 g/mol. The van der Waals surface area contributed by atoms with Gasteiger partial charge in [-0.3, -0.25) is 4.79 Å². The van der Waals surface area contributed by atoms with Gasteiger partial charge in [0.2, 0.25) is 0 Å². The Bertz CT molecular complexity index is 415. The van der Waals surface area contributed by atoms with Crippen LogP contribution in [0.15, 0.2) is 18.2 Å². The minimum Gasteiger partial charge on any atom is -0.493 e.